The van der Waals surface area contributed by atoms with E-state index in [2.05, 4.69) is 21.4 Å². The highest BCUT2D eigenvalue weighted by atomic mass is 79.9. The first-order valence-electron chi connectivity index (χ1n) is 4.60. The molecule has 1 amide bonds. The van der Waals surface area contributed by atoms with Gasteiger partial charge in [0.15, 0.2) is 0 Å². The number of benzene rings is 1. The van der Waals surface area contributed by atoms with Crippen molar-refractivity contribution in [1.82, 2.24) is 5.43 Å². The Morgan fingerprint density at radius 2 is 2.40 bits per heavy atom. The second kappa shape index (κ2) is 6.15. The Labute approximate surface area is 102 Å². The molecule has 1 atom stereocenters. The molecule has 1 aromatic carbocycles. The number of carbonyl (C=O) groups excluding carboxylic acids is 1. The van der Waals surface area contributed by atoms with Gasteiger partial charge in [-0.25, -0.2) is 5.84 Å². The van der Waals surface area contributed by atoms with Crippen molar-refractivity contribution in [3.63, 3.8) is 0 Å². The molecule has 0 saturated heterocycles. The minimum absolute atomic E-state index is 0.135. The molecule has 3 nitrogen and oxygen atoms in total. The van der Waals surface area contributed by atoms with Crippen LogP contribution >= 0.6 is 27.7 Å². The van der Waals surface area contributed by atoms with E-state index in [1.165, 1.54) is 11.8 Å². The summed E-state index contributed by atoms with van der Waals surface area (Å²) in [6, 6.07) is 7.85. The van der Waals surface area contributed by atoms with Crippen LogP contribution in [0.5, 0.6) is 0 Å². The fourth-order valence-corrected chi connectivity index (χ4v) is 2.69. The van der Waals surface area contributed by atoms with E-state index in [0.29, 0.717) is 0 Å². The number of thioether (sulfide) groups is 1. The zero-order chi connectivity index (χ0) is 11.3. The van der Waals surface area contributed by atoms with Crippen molar-refractivity contribution < 1.29 is 4.79 Å². The van der Waals surface area contributed by atoms with E-state index in [1.54, 1.807) is 0 Å². The third-order valence-corrected chi connectivity index (χ3v) is 3.73. The minimum Gasteiger partial charge on any atom is -0.293 e. The van der Waals surface area contributed by atoms with Crippen molar-refractivity contribution in [2.75, 3.05) is 0 Å². The van der Waals surface area contributed by atoms with Gasteiger partial charge in [0.1, 0.15) is 0 Å². The minimum atomic E-state index is -0.137. The molecule has 0 aliphatic rings. The molecule has 0 spiro atoms. The molecule has 1 unspecified atom stereocenters. The summed E-state index contributed by atoms with van der Waals surface area (Å²) in [7, 11) is 0. The average Bonchev–Trinajstić information content (AvgIpc) is 2.25. The lowest BCUT2D eigenvalue weighted by molar-refractivity contribution is -0.120. The summed E-state index contributed by atoms with van der Waals surface area (Å²) in [6.45, 7) is 1.96. The molecule has 82 valence electrons. The molecule has 0 radical (unpaired) electrons. The number of rotatable bonds is 4. The van der Waals surface area contributed by atoms with E-state index in [9.17, 15) is 4.79 Å². The highest BCUT2D eigenvalue weighted by molar-refractivity contribution is 9.10. The maximum absolute atomic E-state index is 11.4. The molecule has 3 N–H and O–H groups in total. The molecular weight excluding hydrogens is 276 g/mol. The molecule has 0 heterocycles. The van der Waals surface area contributed by atoms with Crippen LogP contribution in [0.2, 0.25) is 0 Å². The monoisotopic (exact) mass is 288 g/mol. The molecule has 0 aliphatic carbocycles. The smallest absolute Gasteiger partial charge is 0.247 e. The van der Waals surface area contributed by atoms with Crippen LogP contribution in [0.3, 0.4) is 0 Å². The maximum atomic E-state index is 11.4. The third kappa shape index (κ3) is 3.85. The van der Waals surface area contributed by atoms with E-state index in [1.807, 2.05) is 31.2 Å². The second-order valence-electron chi connectivity index (χ2n) is 2.98. The quantitative estimate of drug-likeness (QED) is 0.387. The molecule has 0 aromatic heterocycles. The van der Waals surface area contributed by atoms with Crippen molar-refractivity contribution >= 4 is 33.6 Å². The largest absolute Gasteiger partial charge is 0.293 e. The van der Waals surface area contributed by atoms with Crippen LogP contribution in [0.25, 0.3) is 0 Å². The van der Waals surface area contributed by atoms with Gasteiger partial charge in [-0.05, 0) is 24.6 Å². The van der Waals surface area contributed by atoms with Gasteiger partial charge in [0.05, 0.1) is 5.25 Å². The fourth-order valence-electron chi connectivity index (χ4n) is 1.12. The van der Waals surface area contributed by atoms with Gasteiger partial charge in [-0.1, -0.05) is 28.9 Å². The topological polar surface area (TPSA) is 55.1 Å². The lowest BCUT2D eigenvalue weighted by atomic mass is 10.3. The molecule has 0 fully saturated rings. The van der Waals surface area contributed by atoms with E-state index >= 15 is 0 Å². The summed E-state index contributed by atoms with van der Waals surface area (Å²) in [6.07, 6.45) is 0.750. The van der Waals surface area contributed by atoms with Crippen molar-refractivity contribution in [3.05, 3.63) is 28.7 Å². The lowest BCUT2D eigenvalue weighted by Gasteiger charge is -2.12. The molecule has 5 heteroatoms. The molecule has 0 saturated carbocycles. The Bertz CT molecular complexity index is 346. The standard InChI is InChI=1S/C10H13BrN2OS/c1-2-9(10(14)13-12)15-8-5-3-4-7(11)6-8/h3-6,9H,2,12H2,1H3,(H,13,14). The molecule has 0 aliphatic heterocycles. The molecular formula is C10H13BrN2OS. The number of carbonyl (C=O) groups is 1. The van der Waals surface area contributed by atoms with Crippen molar-refractivity contribution in [1.29, 1.82) is 0 Å². The van der Waals surface area contributed by atoms with Gasteiger partial charge < -0.3 is 0 Å². The predicted molar refractivity (Wildman–Crippen MR) is 66.4 cm³/mol. The maximum Gasteiger partial charge on any atom is 0.247 e. The van der Waals surface area contributed by atoms with Crippen molar-refractivity contribution in [3.8, 4) is 0 Å². The average molecular weight is 289 g/mol. The van der Waals surface area contributed by atoms with Gasteiger partial charge in [0.25, 0.3) is 0 Å². The Morgan fingerprint density at radius 1 is 1.67 bits per heavy atom. The second-order valence-corrected chi connectivity index (χ2v) is 5.17. The number of hydrogen-bond donors (Lipinski definition) is 2. The van der Waals surface area contributed by atoms with E-state index in [0.717, 1.165) is 15.8 Å². The first kappa shape index (κ1) is 12.5. The summed E-state index contributed by atoms with van der Waals surface area (Å²) in [5.74, 6) is 4.97. The van der Waals surface area contributed by atoms with Gasteiger partial charge in [-0.3, -0.25) is 10.2 Å². The van der Waals surface area contributed by atoms with Crippen LogP contribution in [0.1, 0.15) is 13.3 Å². The highest BCUT2D eigenvalue weighted by Gasteiger charge is 2.16. The van der Waals surface area contributed by atoms with E-state index < -0.39 is 0 Å². The van der Waals surface area contributed by atoms with Crippen LogP contribution < -0.4 is 11.3 Å². The summed E-state index contributed by atoms with van der Waals surface area (Å²) < 4.78 is 1.01. The van der Waals surface area contributed by atoms with Gasteiger partial charge in [-0.2, -0.15) is 0 Å². The first-order valence-corrected chi connectivity index (χ1v) is 6.27. The number of hydrogen-bond acceptors (Lipinski definition) is 3. The molecule has 1 rings (SSSR count). The lowest BCUT2D eigenvalue weighted by Crippen LogP contribution is -2.37. The molecule has 0 bridgehead atoms. The number of nitrogens with one attached hydrogen (secondary N) is 1. The summed E-state index contributed by atoms with van der Waals surface area (Å²) in [5.41, 5.74) is 2.18. The zero-order valence-electron chi connectivity index (χ0n) is 8.37. The summed E-state index contributed by atoms with van der Waals surface area (Å²) >= 11 is 4.90. The Morgan fingerprint density at radius 3 is 2.93 bits per heavy atom. The van der Waals surface area contributed by atoms with Gasteiger partial charge in [0, 0.05) is 9.37 Å². The highest BCUT2D eigenvalue weighted by Crippen LogP contribution is 2.27. The van der Waals surface area contributed by atoms with Crippen molar-refractivity contribution in [2.24, 2.45) is 5.84 Å². The van der Waals surface area contributed by atoms with Crippen LogP contribution in [0.4, 0.5) is 0 Å². The number of halogens is 1. The van der Waals surface area contributed by atoms with Crippen LogP contribution in [-0.2, 0) is 4.79 Å². The third-order valence-electron chi connectivity index (χ3n) is 1.88. The Kier molecular flexibility index (Phi) is 5.14. The summed E-state index contributed by atoms with van der Waals surface area (Å²) in [5, 5.41) is -0.135. The molecule has 15 heavy (non-hydrogen) atoms. The number of hydrazine groups is 1. The van der Waals surface area contributed by atoms with E-state index in [4.69, 9.17) is 5.84 Å². The Hall–Kier alpha value is -0.520. The van der Waals surface area contributed by atoms with Crippen LogP contribution in [0.15, 0.2) is 33.6 Å². The normalized spacial score (nSPS) is 12.2. The number of nitrogens with two attached hydrogens (primary N) is 1. The summed E-state index contributed by atoms with van der Waals surface area (Å²) in [4.78, 5) is 12.4. The van der Waals surface area contributed by atoms with E-state index in [-0.39, 0.29) is 11.2 Å². The SMILES string of the molecule is CCC(Sc1cccc(Br)c1)C(=O)NN. The van der Waals surface area contributed by atoms with Crippen LogP contribution in [-0.4, -0.2) is 11.2 Å². The van der Waals surface area contributed by atoms with Gasteiger partial charge in [0.2, 0.25) is 5.91 Å². The Balaban J connectivity index is 2.70. The fraction of sp³-hybridized carbons (Fsp3) is 0.300. The van der Waals surface area contributed by atoms with Gasteiger partial charge >= 0.3 is 0 Å². The van der Waals surface area contributed by atoms with Crippen LogP contribution in [0, 0.1) is 0 Å². The zero-order valence-corrected chi connectivity index (χ0v) is 10.8. The van der Waals surface area contributed by atoms with Gasteiger partial charge in [-0.15, -0.1) is 11.8 Å². The van der Waals surface area contributed by atoms with Crippen molar-refractivity contribution in [2.45, 2.75) is 23.5 Å². The predicted octanol–water partition coefficient (Wildman–Crippen LogP) is 2.31. The molecule has 1 aromatic rings. The number of amides is 1. The first-order chi connectivity index (χ1) is 7.17.